The van der Waals surface area contributed by atoms with E-state index in [4.69, 9.17) is 4.74 Å². The van der Waals surface area contributed by atoms with Crippen LogP contribution in [0.5, 0.6) is 5.75 Å². The zero-order chi connectivity index (χ0) is 17.1. The summed E-state index contributed by atoms with van der Waals surface area (Å²) < 4.78 is 7.37. The van der Waals surface area contributed by atoms with Gasteiger partial charge in [-0.2, -0.15) is 0 Å². The molecule has 0 N–H and O–H groups in total. The summed E-state index contributed by atoms with van der Waals surface area (Å²) in [6, 6.07) is 7.35. The molecular weight excluding hydrogens is 306 g/mol. The van der Waals surface area contributed by atoms with E-state index in [0.717, 1.165) is 13.1 Å². The molecule has 2 atom stereocenters. The quantitative estimate of drug-likeness (QED) is 0.857. The summed E-state index contributed by atoms with van der Waals surface area (Å²) in [6.07, 6.45) is 1.17. The molecule has 1 fully saturated rings. The van der Waals surface area contributed by atoms with Crippen LogP contribution in [0, 0.1) is 11.8 Å². The summed E-state index contributed by atoms with van der Waals surface area (Å²) in [7, 11) is 1.76. The van der Waals surface area contributed by atoms with Crippen molar-refractivity contribution in [2.75, 3.05) is 13.1 Å². The molecule has 7 nitrogen and oxygen atoms in total. The highest BCUT2D eigenvalue weighted by Gasteiger charge is 2.27. The number of aryl methyl sites for hydroxylation is 1. The predicted molar refractivity (Wildman–Crippen MR) is 88.4 cm³/mol. The standard InChI is InChI=1S/C17H23N5O2/c1-12-8-13(2)10-22(9-12)17(23)14-6-4-5-7-15(14)24-11-16-18-19-20-21(16)3/h4-7,12-13H,8-11H2,1-3H3/t12-,13-/m1/s1. The molecule has 1 aromatic heterocycles. The van der Waals surface area contributed by atoms with Crippen molar-refractivity contribution in [3.8, 4) is 5.75 Å². The van der Waals surface area contributed by atoms with E-state index in [-0.39, 0.29) is 12.5 Å². The summed E-state index contributed by atoms with van der Waals surface area (Å²) >= 11 is 0. The predicted octanol–water partition coefficient (Wildman–Crippen LogP) is 1.91. The van der Waals surface area contributed by atoms with Crippen molar-refractivity contribution in [1.29, 1.82) is 0 Å². The second-order valence-corrected chi connectivity index (χ2v) is 6.66. The van der Waals surface area contributed by atoms with Crippen LogP contribution in [-0.2, 0) is 13.7 Å². The zero-order valence-electron chi connectivity index (χ0n) is 14.3. The first-order valence-corrected chi connectivity index (χ1v) is 8.27. The number of hydrogen-bond acceptors (Lipinski definition) is 5. The number of rotatable bonds is 4. The molecule has 0 spiro atoms. The lowest BCUT2D eigenvalue weighted by molar-refractivity contribution is 0.0618. The van der Waals surface area contributed by atoms with Gasteiger partial charge in [-0.1, -0.05) is 26.0 Å². The Morgan fingerprint density at radius 3 is 2.62 bits per heavy atom. The maximum absolute atomic E-state index is 12.9. The average molecular weight is 329 g/mol. The number of carbonyl (C=O) groups is 1. The molecule has 1 aliphatic rings. The molecular formula is C17H23N5O2. The molecule has 0 bridgehead atoms. The Kier molecular flexibility index (Phi) is 4.78. The fraction of sp³-hybridized carbons (Fsp3) is 0.529. The van der Waals surface area contributed by atoms with Gasteiger partial charge in [0.05, 0.1) is 5.56 Å². The van der Waals surface area contributed by atoms with Crippen LogP contribution in [0.3, 0.4) is 0 Å². The van der Waals surface area contributed by atoms with E-state index < -0.39 is 0 Å². The number of likely N-dealkylation sites (tertiary alicyclic amines) is 1. The third kappa shape index (κ3) is 3.55. The molecule has 7 heteroatoms. The second-order valence-electron chi connectivity index (χ2n) is 6.66. The number of nitrogens with zero attached hydrogens (tertiary/aromatic N) is 5. The summed E-state index contributed by atoms with van der Waals surface area (Å²) in [5.41, 5.74) is 0.592. The molecule has 1 aliphatic heterocycles. The number of para-hydroxylation sites is 1. The van der Waals surface area contributed by atoms with Crippen molar-refractivity contribution in [2.45, 2.75) is 26.9 Å². The molecule has 1 amide bonds. The van der Waals surface area contributed by atoms with Crippen molar-refractivity contribution in [3.63, 3.8) is 0 Å². The van der Waals surface area contributed by atoms with Gasteiger partial charge in [0.1, 0.15) is 12.4 Å². The molecule has 3 rings (SSSR count). The lowest BCUT2D eigenvalue weighted by Gasteiger charge is -2.35. The van der Waals surface area contributed by atoms with E-state index in [1.807, 2.05) is 29.2 Å². The molecule has 128 valence electrons. The average Bonchev–Trinajstić information content (AvgIpc) is 2.97. The number of amides is 1. The van der Waals surface area contributed by atoms with E-state index in [9.17, 15) is 4.79 Å². The normalized spacial score (nSPS) is 20.9. The van der Waals surface area contributed by atoms with Crippen LogP contribution in [-0.4, -0.2) is 44.1 Å². The number of tetrazole rings is 1. The number of aromatic nitrogens is 4. The van der Waals surface area contributed by atoms with Crippen LogP contribution in [0.4, 0.5) is 0 Å². The Bertz CT molecular complexity index is 705. The zero-order valence-corrected chi connectivity index (χ0v) is 14.3. The highest BCUT2D eigenvalue weighted by molar-refractivity contribution is 5.97. The Morgan fingerprint density at radius 2 is 1.96 bits per heavy atom. The SMILES string of the molecule is C[C@@H]1C[C@@H](C)CN(C(=O)c2ccccc2OCc2nnnn2C)C1. The van der Waals surface area contributed by atoms with E-state index >= 15 is 0 Å². The van der Waals surface area contributed by atoms with Crippen molar-refractivity contribution in [1.82, 2.24) is 25.1 Å². The van der Waals surface area contributed by atoms with Crippen molar-refractivity contribution in [2.24, 2.45) is 18.9 Å². The van der Waals surface area contributed by atoms with Crippen LogP contribution in [0.1, 0.15) is 36.5 Å². The summed E-state index contributed by atoms with van der Waals surface area (Å²) in [5, 5.41) is 11.3. The molecule has 2 aromatic rings. The minimum atomic E-state index is 0.0279. The van der Waals surface area contributed by atoms with E-state index in [1.165, 1.54) is 6.42 Å². The van der Waals surface area contributed by atoms with Crippen molar-refractivity contribution < 1.29 is 9.53 Å². The van der Waals surface area contributed by atoms with Gasteiger partial charge >= 0.3 is 0 Å². The third-order valence-electron chi connectivity index (χ3n) is 4.34. The molecule has 0 aliphatic carbocycles. The fourth-order valence-electron chi connectivity index (χ4n) is 3.28. The second kappa shape index (κ2) is 6.98. The monoisotopic (exact) mass is 329 g/mol. The first-order chi connectivity index (χ1) is 11.5. The minimum Gasteiger partial charge on any atom is -0.485 e. The van der Waals surface area contributed by atoms with Gasteiger partial charge in [-0.15, -0.1) is 5.10 Å². The van der Waals surface area contributed by atoms with Gasteiger partial charge in [0.2, 0.25) is 0 Å². The highest BCUT2D eigenvalue weighted by Crippen LogP contribution is 2.26. The maximum Gasteiger partial charge on any atom is 0.257 e. The molecule has 0 saturated carbocycles. The summed E-state index contributed by atoms with van der Waals surface area (Å²) in [5.74, 6) is 2.25. The van der Waals surface area contributed by atoms with Crippen LogP contribution in [0.2, 0.25) is 0 Å². The van der Waals surface area contributed by atoms with Gasteiger partial charge in [-0.3, -0.25) is 4.79 Å². The molecule has 24 heavy (non-hydrogen) atoms. The Balaban J connectivity index is 1.76. The molecule has 0 unspecified atom stereocenters. The third-order valence-corrected chi connectivity index (χ3v) is 4.34. The number of ether oxygens (including phenoxy) is 1. The number of piperidine rings is 1. The number of benzene rings is 1. The maximum atomic E-state index is 12.9. The van der Waals surface area contributed by atoms with Gasteiger partial charge in [-0.25, -0.2) is 4.68 Å². The van der Waals surface area contributed by atoms with E-state index in [1.54, 1.807) is 11.7 Å². The van der Waals surface area contributed by atoms with Gasteiger partial charge in [-0.05, 0) is 40.8 Å². The first kappa shape index (κ1) is 16.4. The van der Waals surface area contributed by atoms with Crippen molar-refractivity contribution >= 4 is 5.91 Å². The highest BCUT2D eigenvalue weighted by atomic mass is 16.5. The largest absolute Gasteiger partial charge is 0.485 e. The van der Waals surface area contributed by atoms with Crippen LogP contribution < -0.4 is 4.74 Å². The molecule has 1 aromatic carbocycles. The molecule has 1 saturated heterocycles. The fourth-order valence-corrected chi connectivity index (χ4v) is 3.28. The summed E-state index contributed by atoms with van der Waals surface area (Å²) in [6.45, 7) is 6.20. The smallest absolute Gasteiger partial charge is 0.257 e. The minimum absolute atomic E-state index is 0.0279. The lowest BCUT2D eigenvalue weighted by Crippen LogP contribution is -2.42. The molecule has 0 radical (unpaired) electrons. The number of carbonyl (C=O) groups excluding carboxylic acids is 1. The summed E-state index contributed by atoms with van der Waals surface area (Å²) in [4.78, 5) is 14.9. The van der Waals surface area contributed by atoms with E-state index in [2.05, 4.69) is 29.4 Å². The van der Waals surface area contributed by atoms with Gasteiger partial charge in [0.25, 0.3) is 5.91 Å². The number of hydrogen-bond donors (Lipinski definition) is 0. The van der Waals surface area contributed by atoms with E-state index in [0.29, 0.717) is 29.0 Å². The first-order valence-electron chi connectivity index (χ1n) is 8.27. The molecule has 2 heterocycles. The van der Waals surface area contributed by atoms with Gasteiger partial charge in [0, 0.05) is 20.1 Å². The van der Waals surface area contributed by atoms with Crippen LogP contribution in [0.15, 0.2) is 24.3 Å². The van der Waals surface area contributed by atoms with Crippen molar-refractivity contribution in [3.05, 3.63) is 35.7 Å². The lowest BCUT2D eigenvalue weighted by atomic mass is 9.91. The Labute approximate surface area is 141 Å². The topological polar surface area (TPSA) is 73.1 Å². The van der Waals surface area contributed by atoms with Gasteiger partial charge < -0.3 is 9.64 Å². The van der Waals surface area contributed by atoms with Crippen LogP contribution >= 0.6 is 0 Å². The van der Waals surface area contributed by atoms with Gasteiger partial charge in [0.15, 0.2) is 5.82 Å². The Morgan fingerprint density at radius 1 is 1.25 bits per heavy atom. The van der Waals surface area contributed by atoms with Crippen LogP contribution in [0.25, 0.3) is 0 Å². The Hall–Kier alpha value is -2.44.